The van der Waals surface area contributed by atoms with Crippen LogP contribution in [0.4, 0.5) is 28.8 Å². The summed E-state index contributed by atoms with van der Waals surface area (Å²) in [7, 11) is 0. The Morgan fingerprint density at radius 1 is 0.833 bits per heavy atom. The zero-order valence-electron chi connectivity index (χ0n) is 20.4. The van der Waals surface area contributed by atoms with Gasteiger partial charge in [0.2, 0.25) is 11.6 Å². The molecule has 3 heterocycles. The van der Waals surface area contributed by atoms with E-state index in [0.29, 0.717) is 17.9 Å². The fourth-order valence-electron chi connectivity index (χ4n) is 4.28. The Balaban J connectivity index is 0.000000179. The van der Waals surface area contributed by atoms with Crippen LogP contribution < -0.4 is 15.5 Å². The molecule has 5 rings (SSSR count). The number of nitro groups is 2. The normalized spacial score (nSPS) is 18.3. The molecule has 3 aliphatic rings. The Morgan fingerprint density at radius 2 is 1.33 bits per heavy atom. The molecule has 194 valence electrons. The molecule has 0 aromatic carbocycles. The van der Waals surface area contributed by atoms with Crippen molar-refractivity contribution in [3.63, 3.8) is 0 Å². The van der Waals surface area contributed by atoms with Gasteiger partial charge < -0.3 is 15.5 Å². The highest BCUT2D eigenvalue weighted by molar-refractivity contribution is 6.29. The van der Waals surface area contributed by atoms with Gasteiger partial charge >= 0.3 is 11.4 Å². The van der Waals surface area contributed by atoms with E-state index in [1.165, 1.54) is 18.6 Å². The summed E-state index contributed by atoms with van der Waals surface area (Å²) in [6.07, 6.45) is 8.88. The van der Waals surface area contributed by atoms with E-state index < -0.39 is 4.92 Å². The largest absolute Gasteiger partial charge is 0.362 e. The number of aromatic nitrogens is 2. The number of halogens is 1. The van der Waals surface area contributed by atoms with Gasteiger partial charge in [-0.25, -0.2) is 9.97 Å². The van der Waals surface area contributed by atoms with Crippen LogP contribution in [0.5, 0.6) is 0 Å². The Kier molecular flexibility index (Phi) is 8.40. The first-order valence-electron chi connectivity index (χ1n) is 12.5. The zero-order valence-corrected chi connectivity index (χ0v) is 21.1. The topological polar surface area (TPSA) is 139 Å². The predicted molar refractivity (Wildman–Crippen MR) is 140 cm³/mol. The van der Waals surface area contributed by atoms with Crippen molar-refractivity contribution >= 4 is 40.4 Å². The minimum absolute atomic E-state index is 0.0219. The van der Waals surface area contributed by atoms with E-state index in [-0.39, 0.29) is 27.3 Å². The quantitative estimate of drug-likeness (QED) is 0.265. The molecule has 36 heavy (non-hydrogen) atoms. The number of nitrogens with zero attached hydrogens (tertiary/aromatic N) is 5. The van der Waals surface area contributed by atoms with Crippen molar-refractivity contribution in [2.24, 2.45) is 5.92 Å². The molecular weight excluding hydrogens is 486 g/mol. The molecule has 2 aliphatic carbocycles. The van der Waals surface area contributed by atoms with E-state index in [9.17, 15) is 20.2 Å². The van der Waals surface area contributed by atoms with Gasteiger partial charge in [0.05, 0.1) is 9.85 Å². The summed E-state index contributed by atoms with van der Waals surface area (Å²) in [6.45, 7) is 4.23. The Hall–Kier alpha value is -3.21. The number of nitrogens with one attached hydrogen (secondary N) is 2. The molecule has 0 atom stereocenters. The van der Waals surface area contributed by atoms with Gasteiger partial charge in [0.1, 0.15) is 11.0 Å². The van der Waals surface area contributed by atoms with Crippen LogP contribution in [0.15, 0.2) is 24.3 Å². The van der Waals surface area contributed by atoms with Crippen molar-refractivity contribution in [3.05, 3.63) is 49.6 Å². The highest BCUT2D eigenvalue weighted by atomic mass is 35.5. The average Bonchev–Trinajstić information content (AvgIpc) is 2.79. The summed E-state index contributed by atoms with van der Waals surface area (Å²) >= 11 is 5.69. The van der Waals surface area contributed by atoms with Gasteiger partial charge in [-0.1, -0.05) is 18.5 Å². The molecule has 0 bridgehead atoms. The lowest BCUT2D eigenvalue weighted by molar-refractivity contribution is -0.384. The second kappa shape index (κ2) is 11.7. The molecule has 0 radical (unpaired) electrons. The number of hydrogen-bond acceptors (Lipinski definition) is 9. The van der Waals surface area contributed by atoms with Crippen molar-refractivity contribution in [3.8, 4) is 0 Å². The lowest BCUT2D eigenvalue weighted by atomic mass is 9.93. The number of piperidine rings is 1. The van der Waals surface area contributed by atoms with Crippen LogP contribution in [0.2, 0.25) is 5.15 Å². The minimum Gasteiger partial charge on any atom is -0.362 e. The van der Waals surface area contributed by atoms with Gasteiger partial charge in [-0.15, -0.1) is 0 Å². The molecule has 11 nitrogen and oxygen atoms in total. The van der Waals surface area contributed by atoms with E-state index >= 15 is 0 Å². The molecule has 0 spiro atoms. The third kappa shape index (κ3) is 6.51. The van der Waals surface area contributed by atoms with Crippen molar-refractivity contribution < 1.29 is 9.85 Å². The van der Waals surface area contributed by atoms with Crippen LogP contribution in [0.1, 0.15) is 58.3 Å². The maximum Gasteiger partial charge on any atom is 0.311 e. The average molecular weight is 518 g/mol. The highest BCUT2D eigenvalue weighted by Gasteiger charge is 2.25. The summed E-state index contributed by atoms with van der Waals surface area (Å²) in [6, 6.07) is 6.80. The van der Waals surface area contributed by atoms with Gasteiger partial charge in [0.15, 0.2) is 0 Å². The zero-order chi connectivity index (χ0) is 25.7. The second-order valence-electron chi connectivity index (χ2n) is 9.77. The summed E-state index contributed by atoms with van der Waals surface area (Å²) < 4.78 is 0. The van der Waals surface area contributed by atoms with Crippen LogP contribution in [0.25, 0.3) is 0 Å². The van der Waals surface area contributed by atoms with E-state index in [4.69, 9.17) is 11.6 Å². The number of pyridine rings is 2. The molecule has 2 aromatic heterocycles. The van der Waals surface area contributed by atoms with Gasteiger partial charge in [-0.2, -0.15) is 0 Å². The summed E-state index contributed by atoms with van der Waals surface area (Å²) in [5.74, 6) is 2.32. The standard InChI is InChI=1S/C15H22N4O2.C9H10ClN3O2/c1-11-7-9-18(10-8-11)14-6-5-13(19(20)21)15(17-14)16-12-3-2-4-12;10-8-5-4-7(13(14)15)9(12-8)11-6-2-1-3-6/h5-6,11-12H,2-4,7-10H2,1H3,(H,16,17);4-6H,1-3H2,(H,11,12). The van der Waals surface area contributed by atoms with Gasteiger partial charge in [-0.05, 0) is 69.4 Å². The Labute approximate surface area is 214 Å². The number of anilines is 3. The molecule has 2 saturated carbocycles. The molecule has 2 aromatic rings. The van der Waals surface area contributed by atoms with Crippen LogP contribution >= 0.6 is 11.6 Å². The third-order valence-corrected chi connectivity index (χ3v) is 7.30. The van der Waals surface area contributed by atoms with Crippen molar-refractivity contribution in [2.45, 2.75) is 70.4 Å². The first kappa shape index (κ1) is 25.9. The monoisotopic (exact) mass is 517 g/mol. The molecule has 3 fully saturated rings. The lowest BCUT2D eigenvalue weighted by Crippen LogP contribution is -2.34. The minimum atomic E-state index is -0.454. The molecular formula is C24H32ClN7O4. The van der Waals surface area contributed by atoms with Crippen LogP contribution in [-0.2, 0) is 0 Å². The fourth-order valence-corrected chi connectivity index (χ4v) is 4.43. The summed E-state index contributed by atoms with van der Waals surface area (Å²) in [5, 5.41) is 28.4. The van der Waals surface area contributed by atoms with Crippen molar-refractivity contribution in [1.29, 1.82) is 0 Å². The van der Waals surface area contributed by atoms with Crippen LogP contribution in [0, 0.1) is 26.1 Å². The van der Waals surface area contributed by atoms with E-state index in [1.807, 2.05) is 0 Å². The molecule has 0 amide bonds. The lowest BCUT2D eigenvalue weighted by Gasteiger charge is -2.32. The SMILES string of the molecule is CC1CCN(c2ccc([N+](=O)[O-])c(NC3CCC3)n2)CC1.O=[N+]([O-])c1ccc(Cl)nc1NC1CCC1. The fraction of sp³-hybridized carbons (Fsp3) is 0.583. The maximum absolute atomic E-state index is 11.2. The van der Waals surface area contributed by atoms with Crippen LogP contribution in [-0.4, -0.2) is 45.0 Å². The Bertz CT molecular complexity index is 1090. The highest BCUT2D eigenvalue weighted by Crippen LogP contribution is 2.32. The van der Waals surface area contributed by atoms with Gasteiger partial charge in [-0.3, -0.25) is 20.2 Å². The van der Waals surface area contributed by atoms with E-state index in [0.717, 1.165) is 69.8 Å². The molecule has 2 N–H and O–H groups in total. The van der Waals surface area contributed by atoms with Crippen molar-refractivity contribution in [2.75, 3.05) is 28.6 Å². The maximum atomic E-state index is 11.2. The smallest absolute Gasteiger partial charge is 0.311 e. The summed E-state index contributed by atoms with van der Waals surface area (Å²) in [5.41, 5.74) is 0.0577. The number of rotatable bonds is 7. The van der Waals surface area contributed by atoms with Crippen molar-refractivity contribution in [1.82, 2.24) is 9.97 Å². The van der Waals surface area contributed by atoms with E-state index in [2.05, 4.69) is 32.4 Å². The predicted octanol–water partition coefficient (Wildman–Crippen LogP) is 5.80. The van der Waals surface area contributed by atoms with Gasteiger partial charge in [0, 0.05) is 37.3 Å². The van der Waals surface area contributed by atoms with Crippen LogP contribution in [0.3, 0.4) is 0 Å². The number of hydrogen-bond donors (Lipinski definition) is 2. The molecule has 1 saturated heterocycles. The first-order chi connectivity index (χ1) is 17.3. The van der Waals surface area contributed by atoms with Gasteiger partial charge in [0.25, 0.3) is 0 Å². The third-order valence-electron chi connectivity index (χ3n) is 7.09. The first-order valence-corrected chi connectivity index (χ1v) is 12.9. The van der Waals surface area contributed by atoms with E-state index in [1.54, 1.807) is 12.1 Å². The molecule has 12 heteroatoms. The Morgan fingerprint density at radius 3 is 1.81 bits per heavy atom. The molecule has 1 aliphatic heterocycles. The molecule has 0 unspecified atom stereocenters. The second-order valence-corrected chi connectivity index (χ2v) is 10.2. The summed E-state index contributed by atoms with van der Waals surface area (Å²) in [4.78, 5) is 31.7.